The maximum atomic E-state index is 13.2. The Morgan fingerprint density at radius 1 is 1.30 bits per heavy atom. The van der Waals surface area contributed by atoms with E-state index in [0.29, 0.717) is 18.7 Å². The van der Waals surface area contributed by atoms with E-state index in [4.69, 9.17) is 11.6 Å². The maximum absolute atomic E-state index is 13.2. The number of sulfonamides is 1. The Labute approximate surface area is 162 Å². The third-order valence-electron chi connectivity index (χ3n) is 4.38. The zero-order chi connectivity index (χ0) is 19.6. The number of aryl methyl sites for hydroxylation is 1. The van der Waals surface area contributed by atoms with Crippen molar-refractivity contribution in [1.29, 1.82) is 0 Å². The van der Waals surface area contributed by atoms with Crippen molar-refractivity contribution in [3.8, 4) is 0 Å². The summed E-state index contributed by atoms with van der Waals surface area (Å²) in [5, 5.41) is 6.36. The van der Waals surface area contributed by atoms with Gasteiger partial charge in [-0.2, -0.15) is 9.40 Å². The zero-order valence-electron chi connectivity index (χ0n) is 14.8. The lowest BCUT2D eigenvalue weighted by atomic mass is 10.2. The van der Waals surface area contributed by atoms with E-state index in [1.54, 1.807) is 7.05 Å². The summed E-state index contributed by atoms with van der Waals surface area (Å²) in [4.78, 5) is 12.6. The minimum atomic E-state index is -3.84. The first-order chi connectivity index (χ1) is 12.8. The lowest BCUT2D eigenvalue weighted by molar-refractivity contribution is 0.0947. The SMILES string of the molecule is Cn1cc(C(=O)NCc2ccc(F)c(Cl)c2)c(S(=O)(=O)N2CCCCC2)n1. The van der Waals surface area contributed by atoms with E-state index < -0.39 is 21.7 Å². The van der Waals surface area contributed by atoms with Crippen LogP contribution in [0, 0.1) is 5.82 Å². The molecule has 1 aliphatic heterocycles. The van der Waals surface area contributed by atoms with Gasteiger partial charge in [-0.1, -0.05) is 24.1 Å². The second kappa shape index (κ2) is 7.95. The van der Waals surface area contributed by atoms with Gasteiger partial charge in [0.1, 0.15) is 5.82 Å². The molecule has 2 aromatic rings. The van der Waals surface area contributed by atoms with Crippen LogP contribution in [0.25, 0.3) is 0 Å². The van der Waals surface area contributed by atoms with Gasteiger partial charge in [0, 0.05) is 32.9 Å². The van der Waals surface area contributed by atoms with Gasteiger partial charge < -0.3 is 5.32 Å². The molecular formula is C17H20ClFN4O3S. The van der Waals surface area contributed by atoms with Gasteiger partial charge in [0.2, 0.25) is 5.03 Å². The van der Waals surface area contributed by atoms with Crippen molar-refractivity contribution in [2.45, 2.75) is 30.8 Å². The Morgan fingerprint density at radius 2 is 2.00 bits per heavy atom. The predicted molar refractivity (Wildman–Crippen MR) is 98.4 cm³/mol. The monoisotopic (exact) mass is 414 g/mol. The molecule has 1 aromatic carbocycles. The highest BCUT2D eigenvalue weighted by molar-refractivity contribution is 7.89. The molecule has 1 aromatic heterocycles. The van der Waals surface area contributed by atoms with Crippen LogP contribution in [-0.2, 0) is 23.6 Å². The lowest BCUT2D eigenvalue weighted by Gasteiger charge is -2.25. The average Bonchev–Trinajstić information content (AvgIpc) is 3.06. The molecule has 10 heteroatoms. The van der Waals surface area contributed by atoms with Crippen molar-refractivity contribution in [2.24, 2.45) is 7.05 Å². The maximum Gasteiger partial charge on any atom is 0.263 e. The number of nitrogens with one attached hydrogen (secondary N) is 1. The highest BCUT2D eigenvalue weighted by Gasteiger charge is 2.33. The molecule has 1 aliphatic rings. The zero-order valence-corrected chi connectivity index (χ0v) is 16.4. The van der Waals surface area contributed by atoms with Crippen molar-refractivity contribution < 1.29 is 17.6 Å². The topological polar surface area (TPSA) is 84.3 Å². The van der Waals surface area contributed by atoms with Crippen molar-refractivity contribution in [3.05, 3.63) is 46.4 Å². The minimum absolute atomic E-state index is 0.0173. The lowest BCUT2D eigenvalue weighted by Crippen LogP contribution is -2.37. The van der Waals surface area contributed by atoms with Gasteiger partial charge in [0.15, 0.2) is 0 Å². The number of carbonyl (C=O) groups is 1. The number of hydrogen-bond donors (Lipinski definition) is 1. The van der Waals surface area contributed by atoms with Gasteiger partial charge >= 0.3 is 0 Å². The molecule has 146 valence electrons. The molecule has 1 amide bonds. The van der Waals surface area contributed by atoms with Gasteiger partial charge in [0.05, 0.1) is 10.6 Å². The molecule has 0 saturated carbocycles. The smallest absolute Gasteiger partial charge is 0.263 e. The number of hydrogen-bond acceptors (Lipinski definition) is 4. The number of amides is 1. The number of rotatable bonds is 5. The summed E-state index contributed by atoms with van der Waals surface area (Å²) < 4.78 is 41.7. The summed E-state index contributed by atoms with van der Waals surface area (Å²) >= 11 is 5.73. The molecule has 0 bridgehead atoms. The van der Waals surface area contributed by atoms with Gasteiger partial charge in [-0.05, 0) is 30.5 Å². The highest BCUT2D eigenvalue weighted by Crippen LogP contribution is 2.22. The molecule has 2 heterocycles. The summed E-state index contributed by atoms with van der Waals surface area (Å²) in [6, 6.07) is 4.11. The van der Waals surface area contributed by atoms with Crippen LogP contribution in [0.15, 0.2) is 29.4 Å². The number of benzene rings is 1. The van der Waals surface area contributed by atoms with Gasteiger partial charge in [-0.25, -0.2) is 12.8 Å². The average molecular weight is 415 g/mol. The van der Waals surface area contributed by atoms with E-state index in [0.717, 1.165) is 19.3 Å². The van der Waals surface area contributed by atoms with E-state index in [-0.39, 0.29) is 22.2 Å². The van der Waals surface area contributed by atoms with Gasteiger partial charge in [-0.15, -0.1) is 0 Å². The van der Waals surface area contributed by atoms with E-state index in [2.05, 4.69) is 10.4 Å². The Balaban J connectivity index is 1.80. The Morgan fingerprint density at radius 3 is 2.67 bits per heavy atom. The third kappa shape index (κ3) is 4.31. The number of nitrogens with zero attached hydrogens (tertiary/aromatic N) is 3. The fourth-order valence-electron chi connectivity index (χ4n) is 2.97. The Bertz CT molecular complexity index is 955. The molecule has 0 spiro atoms. The molecule has 0 atom stereocenters. The van der Waals surface area contributed by atoms with Crippen LogP contribution in [0.5, 0.6) is 0 Å². The predicted octanol–water partition coefficient (Wildman–Crippen LogP) is 2.32. The van der Waals surface area contributed by atoms with Crippen LogP contribution >= 0.6 is 11.6 Å². The molecule has 0 unspecified atom stereocenters. The summed E-state index contributed by atoms with van der Waals surface area (Å²) in [7, 11) is -2.28. The second-order valence-corrected chi connectivity index (χ2v) is 8.68. The minimum Gasteiger partial charge on any atom is -0.348 e. The van der Waals surface area contributed by atoms with Crippen LogP contribution < -0.4 is 5.32 Å². The third-order valence-corrected chi connectivity index (χ3v) is 6.50. The molecule has 0 aliphatic carbocycles. The molecule has 3 rings (SSSR count). The number of halogens is 2. The quantitative estimate of drug-likeness (QED) is 0.813. The standard InChI is InChI=1S/C17H20ClFN4O3S/c1-22-11-13(16(24)20-10-12-5-6-15(19)14(18)9-12)17(21-22)27(25,26)23-7-3-2-4-8-23/h5-6,9,11H,2-4,7-8,10H2,1H3,(H,20,24). The summed E-state index contributed by atoms with van der Waals surface area (Å²) in [5.41, 5.74) is 0.579. The Hall–Kier alpha value is -1.97. The molecule has 27 heavy (non-hydrogen) atoms. The number of piperidine rings is 1. The van der Waals surface area contributed by atoms with Crippen LogP contribution in [-0.4, -0.2) is 41.5 Å². The molecule has 1 fully saturated rings. The van der Waals surface area contributed by atoms with Crippen molar-refractivity contribution in [2.75, 3.05) is 13.1 Å². The molecule has 7 nitrogen and oxygen atoms in total. The molecular weight excluding hydrogens is 395 g/mol. The van der Waals surface area contributed by atoms with E-state index >= 15 is 0 Å². The molecule has 1 saturated heterocycles. The van der Waals surface area contributed by atoms with Crippen LogP contribution in [0.4, 0.5) is 4.39 Å². The summed E-state index contributed by atoms with van der Waals surface area (Å²) in [5.74, 6) is -1.12. The summed E-state index contributed by atoms with van der Waals surface area (Å²) in [6.07, 6.45) is 3.95. The van der Waals surface area contributed by atoms with Crippen molar-refractivity contribution >= 4 is 27.5 Å². The van der Waals surface area contributed by atoms with Crippen molar-refractivity contribution in [3.63, 3.8) is 0 Å². The first-order valence-electron chi connectivity index (χ1n) is 8.55. The first-order valence-corrected chi connectivity index (χ1v) is 10.4. The highest BCUT2D eigenvalue weighted by atomic mass is 35.5. The first kappa shape index (κ1) is 19.8. The number of aromatic nitrogens is 2. The Kier molecular flexibility index (Phi) is 5.83. The fraction of sp³-hybridized carbons (Fsp3) is 0.412. The van der Waals surface area contributed by atoms with E-state index in [1.165, 1.54) is 33.4 Å². The van der Waals surface area contributed by atoms with Crippen LogP contribution in [0.2, 0.25) is 5.02 Å². The van der Waals surface area contributed by atoms with Crippen LogP contribution in [0.1, 0.15) is 35.2 Å². The second-order valence-electron chi connectivity index (χ2n) is 6.42. The normalized spacial score (nSPS) is 15.7. The number of carbonyl (C=O) groups excluding carboxylic acids is 1. The largest absolute Gasteiger partial charge is 0.348 e. The van der Waals surface area contributed by atoms with Crippen LogP contribution in [0.3, 0.4) is 0 Å². The van der Waals surface area contributed by atoms with E-state index in [1.807, 2.05) is 0 Å². The fourth-order valence-corrected chi connectivity index (χ4v) is 4.81. The van der Waals surface area contributed by atoms with E-state index in [9.17, 15) is 17.6 Å². The molecule has 0 radical (unpaired) electrons. The van der Waals surface area contributed by atoms with Gasteiger partial charge in [0.25, 0.3) is 15.9 Å². The summed E-state index contributed by atoms with van der Waals surface area (Å²) in [6.45, 7) is 0.930. The van der Waals surface area contributed by atoms with Gasteiger partial charge in [-0.3, -0.25) is 9.48 Å². The van der Waals surface area contributed by atoms with Crippen molar-refractivity contribution in [1.82, 2.24) is 19.4 Å². The molecule has 1 N–H and O–H groups in total.